The van der Waals surface area contributed by atoms with Crippen LogP contribution in [0.15, 0.2) is 23.5 Å². The predicted molar refractivity (Wildman–Crippen MR) is 25.1 cm³/mol. The van der Waals surface area contributed by atoms with Crippen molar-refractivity contribution in [2.75, 3.05) is 0 Å². The molecule has 0 atom stereocenters. The molecular formula is C4H5Li. The normalized spacial score (nSPS) is 9.20. The molecule has 0 aliphatic carbocycles. The SMILES string of the molecule is [Li]/[CH]=C/C=C. The molecule has 0 rings (SSSR count). The van der Waals surface area contributed by atoms with Crippen molar-refractivity contribution in [3.63, 3.8) is 0 Å². The molecule has 0 heterocycles. The average molecular weight is 60.0 g/mol. The van der Waals surface area contributed by atoms with E-state index >= 15 is 0 Å². The molecule has 0 unspecified atom stereocenters. The summed E-state index contributed by atoms with van der Waals surface area (Å²) in [6, 6.07) is 0. The molecule has 0 spiro atoms. The van der Waals surface area contributed by atoms with Crippen molar-refractivity contribution in [2.45, 2.75) is 0 Å². The van der Waals surface area contributed by atoms with Crippen molar-refractivity contribution < 1.29 is 0 Å². The zero-order chi connectivity index (χ0) is 4.12. The van der Waals surface area contributed by atoms with Crippen molar-refractivity contribution in [3.05, 3.63) is 23.5 Å². The van der Waals surface area contributed by atoms with E-state index in [2.05, 4.69) is 6.58 Å². The first-order valence-electron chi connectivity index (χ1n) is 1.65. The molecule has 0 nitrogen and oxygen atoms in total. The van der Waals surface area contributed by atoms with E-state index in [-0.39, 0.29) is 0 Å². The Labute approximate surface area is 41.8 Å². The fourth-order valence-electron chi connectivity index (χ4n) is 0.136. The van der Waals surface area contributed by atoms with E-state index in [9.17, 15) is 0 Å². The van der Waals surface area contributed by atoms with Gasteiger partial charge in [0.25, 0.3) is 0 Å². The summed E-state index contributed by atoms with van der Waals surface area (Å²) < 4.78 is 1.94. The number of allylic oxidation sites excluding steroid dienone is 2. The summed E-state index contributed by atoms with van der Waals surface area (Å²) in [7, 11) is 0. The summed E-state index contributed by atoms with van der Waals surface area (Å²) in [5.41, 5.74) is 0. The van der Waals surface area contributed by atoms with Crippen molar-refractivity contribution in [1.82, 2.24) is 0 Å². The standard InChI is InChI=1S/C4H5.Li/c1-3-4-2;/h1,3-4H,2H2;. The first-order chi connectivity index (χ1) is 2.41. The predicted octanol–water partition coefficient (Wildman–Crippen LogP) is 0.855. The van der Waals surface area contributed by atoms with Crippen molar-refractivity contribution in [2.24, 2.45) is 0 Å². The van der Waals surface area contributed by atoms with Gasteiger partial charge >= 0.3 is 41.2 Å². The van der Waals surface area contributed by atoms with E-state index in [1.54, 1.807) is 6.08 Å². The minimum absolute atomic E-state index is 1.75. The van der Waals surface area contributed by atoms with Crippen LogP contribution >= 0.6 is 0 Å². The van der Waals surface area contributed by atoms with Gasteiger partial charge in [-0.2, -0.15) is 0 Å². The van der Waals surface area contributed by atoms with Crippen LogP contribution in [0, 0.1) is 0 Å². The van der Waals surface area contributed by atoms with Gasteiger partial charge in [0.2, 0.25) is 0 Å². The molecule has 0 radical (unpaired) electrons. The number of rotatable bonds is 1. The van der Waals surface area contributed by atoms with Crippen LogP contribution in [0.5, 0.6) is 0 Å². The van der Waals surface area contributed by atoms with Crippen molar-refractivity contribution in [1.29, 1.82) is 0 Å². The first kappa shape index (κ1) is 5.08. The topological polar surface area (TPSA) is 0 Å². The summed E-state index contributed by atoms with van der Waals surface area (Å²) >= 11 is 1.96. The Kier molecular flexibility index (Phi) is 4.14. The summed E-state index contributed by atoms with van der Waals surface area (Å²) in [5.74, 6) is 0. The Balaban J connectivity index is 2.92. The molecule has 5 heavy (non-hydrogen) atoms. The minimum atomic E-state index is 1.75. The van der Waals surface area contributed by atoms with E-state index in [4.69, 9.17) is 0 Å². The van der Waals surface area contributed by atoms with Crippen molar-refractivity contribution >= 4 is 17.7 Å². The maximum absolute atomic E-state index is 3.46. The molecule has 0 aromatic heterocycles. The van der Waals surface area contributed by atoms with Crippen LogP contribution in [0.25, 0.3) is 0 Å². The molecule has 1 heteroatoms. The Morgan fingerprint density at radius 2 is 2.20 bits per heavy atom. The summed E-state index contributed by atoms with van der Waals surface area (Å²) in [6.07, 6.45) is 3.64. The van der Waals surface area contributed by atoms with Crippen LogP contribution < -0.4 is 0 Å². The van der Waals surface area contributed by atoms with E-state index in [1.165, 1.54) is 0 Å². The molecule has 0 N–H and O–H groups in total. The Hall–Kier alpha value is 0.0774. The Morgan fingerprint density at radius 3 is 2.20 bits per heavy atom. The van der Waals surface area contributed by atoms with Gasteiger partial charge in [0, 0.05) is 0 Å². The molecule has 0 fully saturated rings. The zero-order valence-corrected chi connectivity index (χ0v) is 3.44. The Morgan fingerprint density at radius 1 is 1.60 bits per heavy atom. The van der Waals surface area contributed by atoms with Crippen LogP contribution in [0.3, 0.4) is 0 Å². The van der Waals surface area contributed by atoms with Gasteiger partial charge in [-0.3, -0.25) is 0 Å². The fourth-order valence-corrected chi connectivity index (χ4v) is 0.136. The van der Waals surface area contributed by atoms with Crippen LogP contribution in [0.1, 0.15) is 0 Å². The molecule has 0 aromatic rings. The summed E-state index contributed by atoms with van der Waals surface area (Å²) in [5, 5.41) is 0. The van der Waals surface area contributed by atoms with Gasteiger partial charge in [0.15, 0.2) is 0 Å². The van der Waals surface area contributed by atoms with E-state index in [0.29, 0.717) is 0 Å². The third-order valence-electron chi connectivity index (χ3n) is 0.329. The molecular weight excluding hydrogens is 55.0 g/mol. The van der Waals surface area contributed by atoms with Crippen LogP contribution in [-0.4, -0.2) is 17.7 Å². The molecule has 0 saturated carbocycles. The third kappa shape index (κ3) is 4.08. The van der Waals surface area contributed by atoms with Gasteiger partial charge in [-0.05, 0) is 0 Å². The number of hydrogen-bond acceptors (Lipinski definition) is 0. The second-order valence-corrected chi connectivity index (χ2v) is 0.761. The molecule has 0 saturated heterocycles. The van der Waals surface area contributed by atoms with Crippen molar-refractivity contribution in [3.8, 4) is 0 Å². The monoisotopic (exact) mass is 60.1 g/mol. The van der Waals surface area contributed by atoms with Gasteiger partial charge in [0.1, 0.15) is 0 Å². The maximum atomic E-state index is 3.46. The molecule has 22 valence electrons. The molecule has 0 aliphatic heterocycles. The molecule has 0 bridgehead atoms. The van der Waals surface area contributed by atoms with Gasteiger partial charge in [-0.15, -0.1) is 0 Å². The van der Waals surface area contributed by atoms with Gasteiger partial charge < -0.3 is 0 Å². The van der Waals surface area contributed by atoms with E-state index < -0.39 is 0 Å². The first-order valence-corrected chi connectivity index (χ1v) is 1.65. The van der Waals surface area contributed by atoms with E-state index in [1.807, 2.05) is 28.5 Å². The Bertz CT molecular complexity index is 45.6. The van der Waals surface area contributed by atoms with Gasteiger partial charge in [0.05, 0.1) is 0 Å². The average Bonchev–Trinajstić information content (AvgIpc) is 1.41. The molecule has 0 amide bonds. The van der Waals surface area contributed by atoms with E-state index in [0.717, 1.165) is 0 Å². The molecule has 0 aromatic carbocycles. The second kappa shape index (κ2) is 4.08. The summed E-state index contributed by atoms with van der Waals surface area (Å²) in [4.78, 5) is 0. The summed E-state index contributed by atoms with van der Waals surface area (Å²) in [6.45, 7) is 3.46. The quantitative estimate of drug-likeness (QED) is 0.311. The fraction of sp³-hybridized carbons (Fsp3) is 0. The zero-order valence-electron chi connectivity index (χ0n) is 3.44. The second-order valence-electron chi connectivity index (χ2n) is 0.761. The number of hydrogen-bond donors (Lipinski definition) is 0. The van der Waals surface area contributed by atoms with Crippen LogP contribution in [0.4, 0.5) is 0 Å². The van der Waals surface area contributed by atoms with Gasteiger partial charge in [-0.25, -0.2) is 0 Å². The third-order valence-corrected chi connectivity index (χ3v) is 0.329. The molecule has 0 aliphatic rings. The van der Waals surface area contributed by atoms with Crippen LogP contribution in [0.2, 0.25) is 0 Å². The van der Waals surface area contributed by atoms with Crippen LogP contribution in [-0.2, 0) is 0 Å². The van der Waals surface area contributed by atoms with Gasteiger partial charge in [-0.1, -0.05) is 0 Å².